The van der Waals surface area contributed by atoms with Crippen LogP contribution in [0.1, 0.15) is 270 Å². The average Bonchev–Trinajstić information content (AvgIpc) is 3.04. The molecule has 0 fully saturated rings. The minimum Gasteiger partial charge on any atom is -0.0533 e. The summed E-state index contributed by atoms with van der Waals surface area (Å²) in [5.41, 5.74) is 0. The number of hydrogen-bond acceptors (Lipinski definition) is 0. The maximum atomic E-state index is 3.93. The molecule has 264 valence electrons. The van der Waals surface area contributed by atoms with Crippen LogP contribution in [0.5, 0.6) is 0 Å². The van der Waals surface area contributed by atoms with Crippen LogP contribution >= 0.6 is 0 Å². The van der Waals surface area contributed by atoms with Gasteiger partial charge in [-0.1, -0.05) is 284 Å². The SMILES string of the molecule is [CH2]CCCCCCCCCCCCCCCCCCCCCCCCCCCCCCCCCCCCCCCCCC[CH2]. The lowest BCUT2D eigenvalue weighted by atomic mass is 10.0. The van der Waals surface area contributed by atoms with Crippen LogP contribution in [0.3, 0.4) is 0 Å². The van der Waals surface area contributed by atoms with Crippen molar-refractivity contribution in [1.29, 1.82) is 0 Å². The molecule has 0 aromatic heterocycles. The van der Waals surface area contributed by atoms with E-state index in [2.05, 4.69) is 13.8 Å². The van der Waals surface area contributed by atoms with Crippen molar-refractivity contribution in [3.63, 3.8) is 0 Å². The van der Waals surface area contributed by atoms with Crippen LogP contribution in [-0.2, 0) is 0 Å². The molecule has 0 saturated heterocycles. The largest absolute Gasteiger partial charge is 0.0533 e. The molecule has 44 heavy (non-hydrogen) atoms. The Morgan fingerprint density at radius 1 is 0.114 bits per heavy atom. The Labute approximate surface area is 282 Å². The van der Waals surface area contributed by atoms with E-state index in [0.717, 1.165) is 12.8 Å². The van der Waals surface area contributed by atoms with Crippen molar-refractivity contribution in [3.8, 4) is 0 Å². The molecule has 0 aliphatic rings. The Morgan fingerprint density at radius 3 is 0.250 bits per heavy atom. The first-order valence-electron chi connectivity index (χ1n) is 21.5. The quantitative estimate of drug-likeness (QED) is 0.0599. The summed E-state index contributed by atoms with van der Waals surface area (Å²) in [6.45, 7) is 7.87. The first kappa shape index (κ1) is 44.0. The van der Waals surface area contributed by atoms with Gasteiger partial charge in [-0.05, 0) is 0 Å². The summed E-state index contributed by atoms with van der Waals surface area (Å²) in [4.78, 5) is 0. The second-order valence-electron chi connectivity index (χ2n) is 14.8. The highest BCUT2D eigenvalue weighted by molar-refractivity contribution is 4.54. The second-order valence-corrected chi connectivity index (χ2v) is 14.8. The van der Waals surface area contributed by atoms with E-state index in [1.54, 1.807) is 0 Å². The van der Waals surface area contributed by atoms with E-state index >= 15 is 0 Å². The van der Waals surface area contributed by atoms with Gasteiger partial charge in [0.1, 0.15) is 0 Å². The van der Waals surface area contributed by atoms with E-state index in [4.69, 9.17) is 0 Å². The van der Waals surface area contributed by atoms with Gasteiger partial charge in [-0.3, -0.25) is 0 Å². The van der Waals surface area contributed by atoms with E-state index in [-0.39, 0.29) is 0 Å². The fraction of sp³-hybridized carbons (Fsp3) is 0.955. The van der Waals surface area contributed by atoms with E-state index in [9.17, 15) is 0 Å². The molecule has 0 N–H and O–H groups in total. The van der Waals surface area contributed by atoms with Gasteiger partial charge in [-0.15, -0.1) is 0 Å². The first-order chi connectivity index (χ1) is 21.9. The zero-order chi connectivity index (χ0) is 31.7. The summed E-state index contributed by atoms with van der Waals surface area (Å²) in [7, 11) is 0. The zero-order valence-electron chi connectivity index (χ0n) is 31.1. The lowest BCUT2D eigenvalue weighted by Crippen LogP contribution is -1.85. The summed E-state index contributed by atoms with van der Waals surface area (Å²) in [6, 6.07) is 0. The van der Waals surface area contributed by atoms with Gasteiger partial charge in [0.05, 0.1) is 0 Å². The summed E-state index contributed by atoms with van der Waals surface area (Å²) < 4.78 is 0. The van der Waals surface area contributed by atoms with Crippen molar-refractivity contribution in [2.45, 2.75) is 270 Å². The fourth-order valence-electron chi connectivity index (χ4n) is 7.07. The van der Waals surface area contributed by atoms with Crippen LogP contribution in [-0.4, -0.2) is 0 Å². The monoisotopic (exact) mass is 617 g/mol. The Hall–Kier alpha value is 0. The summed E-state index contributed by atoms with van der Waals surface area (Å²) >= 11 is 0. The highest BCUT2D eigenvalue weighted by atomic mass is 14.0. The molecule has 0 heteroatoms. The number of rotatable bonds is 41. The van der Waals surface area contributed by atoms with E-state index in [1.807, 2.05) is 0 Å². The molecule has 0 unspecified atom stereocenters. The lowest BCUT2D eigenvalue weighted by Gasteiger charge is -2.05. The molecule has 0 aliphatic carbocycles. The Balaban J connectivity index is 3.03. The third kappa shape index (κ3) is 42.0. The molecule has 0 aromatic rings. The third-order valence-electron chi connectivity index (χ3n) is 10.2. The normalized spacial score (nSPS) is 11.6. The van der Waals surface area contributed by atoms with Gasteiger partial charge in [0.15, 0.2) is 0 Å². The number of hydrogen-bond donors (Lipinski definition) is 0. The van der Waals surface area contributed by atoms with Crippen LogP contribution in [0, 0.1) is 13.8 Å². The van der Waals surface area contributed by atoms with Crippen LogP contribution in [0.2, 0.25) is 0 Å². The standard InChI is InChI=1S/C44H88/c1-3-5-7-9-11-13-15-17-19-21-23-25-27-29-31-33-35-37-39-41-43-44-42-40-38-36-34-32-30-28-26-24-22-20-18-16-14-12-10-8-6-4-2/h1-44H2. The highest BCUT2D eigenvalue weighted by Crippen LogP contribution is 2.18. The lowest BCUT2D eigenvalue weighted by molar-refractivity contribution is 0.509. The summed E-state index contributed by atoms with van der Waals surface area (Å²) in [6.07, 6.45) is 61.1. The molecular weight excluding hydrogens is 528 g/mol. The van der Waals surface area contributed by atoms with Gasteiger partial charge in [0, 0.05) is 0 Å². The van der Waals surface area contributed by atoms with Crippen molar-refractivity contribution >= 4 is 0 Å². The predicted octanol–water partition coefficient (Wildman–Crippen LogP) is 17.0. The molecule has 0 amide bonds. The van der Waals surface area contributed by atoms with Gasteiger partial charge in [-0.25, -0.2) is 0 Å². The second kappa shape index (κ2) is 43.0. The van der Waals surface area contributed by atoms with Crippen molar-refractivity contribution in [2.75, 3.05) is 0 Å². The Kier molecular flexibility index (Phi) is 43.0. The molecule has 0 atom stereocenters. The van der Waals surface area contributed by atoms with Gasteiger partial charge < -0.3 is 0 Å². The molecule has 2 radical (unpaired) electrons. The molecule has 0 rings (SSSR count). The molecule has 0 aliphatic heterocycles. The molecule has 0 heterocycles. The smallest absolute Gasteiger partial charge is 0.0533 e. The minimum atomic E-state index is 1.12. The van der Waals surface area contributed by atoms with E-state index < -0.39 is 0 Å². The maximum Gasteiger partial charge on any atom is -0.0533 e. The number of unbranched alkanes of at least 4 members (excludes halogenated alkanes) is 41. The van der Waals surface area contributed by atoms with Crippen LogP contribution in [0.25, 0.3) is 0 Å². The summed E-state index contributed by atoms with van der Waals surface area (Å²) in [5.74, 6) is 0. The van der Waals surface area contributed by atoms with Crippen LogP contribution < -0.4 is 0 Å². The Morgan fingerprint density at radius 2 is 0.182 bits per heavy atom. The predicted molar refractivity (Wildman–Crippen MR) is 205 cm³/mol. The average molecular weight is 617 g/mol. The molecule has 0 saturated carbocycles. The van der Waals surface area contributed by atoms with Gasteiger partial charge in [0.2, 0.25) is 0 Å². The van der Waals surface area contributed by atoms with Crippen LogP contribution in [0.15, 0.2) is 0 Å². The topological polar surface area (TPSA) is 0 Å². The first-order valence-corrected chi connectivity index (χ1v) is 21.5. The molecular formula is C44H88. The van der Waals surface area contributed by atoms with E-state index in [1.165, 1.54) is 257 Å². The minimum absolute atomic E-state index is 1.12. The molecule has 0 spiro atoms. The van der Waals surface area contributed by atoms with Crippen molar-refractivity contribution in [3.05, 3.63) is 13.8 Å². The van der Waals surface area contributed by atoms with Gasteiger partial charge in [0.25, 0.3) is 0 Å². The fourth-order valence-corrected chi connectivity index (χ4v) is 7.07. The van der Waals surface area contributed by atoms with Gasteiger partial charge >= 0.3 is 0 Å². The molecule has 0 aromatic carbocycles. The summed E-state index contributed by atoms with van der Waals surface area (Å²) in [5, 5.41) is 0. The van der Waals surface area contributed by atoms with Crippen LogP contribution in [0.4, 0.5) is 0 Å². The van der Waals surface area contributed by atoms with Crippen molar-refractivity contribution in [2.24, 2.45) is 0 Å². The molecule has 0 nitrogen and oxygen atoms in total. The van der Waals surface area contributed by atoms with Crippen molar-refractivity contribution in [1.82, 2.24) is 0 Å². The van der Waals surface area contributed by atoms with E-state index in [0.29, 0.717) is 0 Å². The molecule has 0 bridgehead atoms. The Bertz CT molecular complexity index is 411. The van der Waals surface area contributed by atoms with Crippen molar-refractivity contribution < 1.29 is 0 Å². The zero-order valence-corrected chi connectivity index (χ0v) is 31.1. The maximum absolute atomic E-state index is 3.93. The van der Waals surface area contributed by atoms with Gasteiger partial charge in [-0.2, -0.15) is 0 Å². The third-order valence-corrected chi connectivity index (χ3v) is 10.2. The highest BCUT2D eigenvalue weighted by Gasteiger charge is 1.98.